The lowest BCUT2D eigenvalue weighted by molar-refractivity contribution is -0.127. The predicted molar refractivity (Wildman–Crippen MR) is 140 cm³/mol. The van der Waals surface area contributed by atoms with Gasteiger partial charge in [0.05, 0.1) is 6.54 Å². The Morgan fingerprint density at radius 2 is 1.87 bits per heavy atom. The van der Waals surface area contributed by atoms with Crippen molar-refractivity contribution in [3.05, 3.63) is 29.8 Å². The summed E-state index contributed by atoms with van der Waals surface area (Å²) in [6, 6.07) is 9.53. The van der Waals surface area contributed by atoms with E-state index in [0.717, 1.165) is 45.0 Å². The Balaban J connectivity index is 0.00000341. The lowest BCUT2D eigenvalue weighted by Crippen LogP contribution is -2.39. The Bertz CT molecular complexity index is 688. The Labute approximate surface area is 205 Å². The van der Waals surface area contributed by atoms with E-state index in [1.54, 1.807) is 0 Å². The van der Waals surface area contributed by atoms with Gasteiger partial charge in [-0.15, -0.1) is 24.0 Å². The molecule has 2 fully saturated rings. The third kappa shape index (κ3) is 8.16. The number of carbonyl (C=O) groups excluding carboxylic acids is 1. The Morgan fingerprint density at radius 1 is 1.13 bits per heavy atom. The second-order valence-corrected chi connectivity index (χ2v) is 8.53. The largest absolute Gasteiger partial charge is 0.372 e. The highest BCUT2D eigenvalue weighted by Gasteiger charge is 2.19. The topological polar surface area (TPSA) is 60.0 Å². The van der Waals surface area contributed by atoms with Crippen LogP contribution in [0.3, 0.4) is 0 Å². The molecule has 0 bridgehead atoms. The first-order valence-corrected chi connectivity index (χ1v) is 11.8. The minimum Gasteiger partial charge on any atom is -0.372 e. The number of nitrogens with one attached hydrogen (secondary N) is 2. The fourth-order valence-corrected chi connectivity index (χ4v) is 4.44. The average molecular weight is 542 g/mol. The van der Waals surface area contributed by atoms with E-state index in [4.69, 9.17) is 4.99 Å². The van der Waals surface area contributed by atoms with Gasteiger partial charge in [-0.05, 0) is 50.3 Å². The molecule has 7 heteroatoms. The highest BCUT2D eigenvalue weighted by Crippen LogP contribution is 2.26. The number of hydrogen-bond acceptors (Lipinski definition) is 3. The summed E-state index contributed by atoms with van der Waals surface area (Å²) in [7, 11) is 2.23. The van der Waals surface area contributed by atoms with Crippen molar-refractivity contribution >= 4 is 41.5 Å². The summed E-state index contributed by atoms with van der Waals surface area (Å²) in [6.45, 7) is 6.14. The van der Waals surface area contributed by atoms with Gasteiger partial charge in [0.15, 0.2) is 5.96 Å². The van der Waals surface area contributed by atoms with Gasteiger partial charge in [0, 0.05) is 51.4 Å². The molecule has 1 heterocycles. The van der Waals surface area contributed by atoms with E-state index in [-0.39, 0.29) is 24.0 Å². The van der Waals surface area contributed by atoms with Crippen LogP contribution in [0.1, 0.15) is 63.9 Å². The van der Waals surface area contributed by atoms with Gasteiger partial charge in [-0.1, -0.05) is 31.4 Å². The normalized spacial score (nSPS) is 17.4. The van der Waals surface area contributed by atoms with Crippen LogP contribution in [0, 0.1) is 0 Å². The van der Waals surface area contributed by atoms with E-state index in [2.05, 4.69) is 53.8 Å². The highest BCUT2D eigenvalue weighted by molar-refractivity contribution is 14.0. The Morgan fingerprint density at radius 3 is 2.52 bits per heavy atom. The zero-order valence-corrected chi connectivity index (χ0v) is 21.6. The average Bonchev–Trinajstić information content (AvgIpc) is 3.20. The number of carbonyl (C=O) groups is 1. The van der Waals surface area contributed by atoms with Crippen LogP contribution in [-0.4, -0.2) is 56.0 Å². The number of benzene rings is 1. The molecule has 0 spiro atoms. The van der Waals surface area contributed by atoms with E-state index < -0.39 is 0 Å². The van der Waals surface area contributed by atoms with Crippen LogP contribution in [0.5, 0.6) is 0 Å². The summed E-state index contributed by atoms with van der Waals surface area (Å²) in [5.41, 5.74) is 2.52. The summed E-state index contributed by atoms with van der Waals surface area (Å²) < 4.78 is 0. The SMILES string of the molecule is CCNC(=NCc1ccc(N(C)C2CCCCC2)cc1)NCCCN1CCCC1=O.I. The van der Waals surface area contributed by atoms with Crippen molar-refractivity contribution in [3.63, 3.8) is 0 Å². The first-order valence-electron chi connectivity index (χ1n) is 11.8. The fraction of sp³-hybridized carbons (Fsp3) is 0.667. The van der Waals surface area contributed by atoms with Gasteiger partial charge in [0.2, 0.25) is 5.91 Å². The first kappa shape index (κ1) is 25.7. The van der Waals surface area contributed by atoms with Gasteiger partial charge >= 0.3 is 0 Å². The monoisotopic (exact) mass is 541 g/mol. The maximum Gasteiger partial charge on any atom is 0.222 e. The number of guanidine groups is 1. The smallest absolute Gasteiger partial charge is 0.222 e. The molecule has 2 aliphatic rings. The van der Waals surface area contributed by atoms with Gasteiger partial charge in [0.25, 0.3) is 0 Å². The molecule has 3 rings (SSSR count). The van der Waals surface area contributed by atoms with E-state index >= 15 is 0 Å². The van der Waals surface area contributed by atoms with Crippen LogP contribution < -0.4 is 15.5 Å². The molecule has 6 nitrogen and oxygen atoms in total. The molecule has 1 amide bonds. The van der Waals surface area contributed by atoms with Crippen molar-refractivity contribution in [1.82, 2.24) is 15.5 Å². The molecule has 1 aliphatic carbocycles. The molecule has 0 atom stereocenters. The number of halogens is 1. The molecule has 1 saturated heterocycles. The fourth-order valence-electron chi connectivity index (χ4n) is 4.44. The second kappa shape index (κ2) is 13.8. The van der Waals surface area contributed by atoms with Crippen LogP contribution in [0.15, 0.2) is 29.3 Å². The molecule has 0 unspecified atom stereocenters. The standard InChI is InChI=1S/C24H39N5O.HI/c1-3-25-24(26-16-8-18-29-17-7-11-23(29)30)27-19-20-12-14-22(15-13-20)28(2)21-9-5-4-6-10-21;/h12-15,21H,3-11,16-19H2,1-2H3,(H2,25,26,27);1H. The molecular weight excluding hydrogens is 501 g/mol. The molecule has 1 aromatic carbocycles. The number of rotatable bonds is 9. The van der Waals surface area contributed by atoms with E-state index in [9.17, 15) is 4.79 Å². The third-order valence-electron chi connectivity index (χ3n) is 6.30. The van der Waals surface area contributed by atoms with Crippen molar-refractivity contribution in [2.75, 3.05) is 38.1 Å². The quantitative estimate of drug-likeness (QED) is 0.214. The summed E-state index contributed by atoms with van der Waals surface area (Å²) >= 11 is 0. The van der Waals surface area contributed by atoms with Crippen LogP contribution in [-0.2, 0) is 11.3 Å². The number of amides is 1. The molecule has 0 aromatic heterocycles. The van der Waals surface area contributed by atoms with Gasteiger partial charge in [0.1, 0.15) is 0 Å². The number of aliphatic imine (C=N–C) groups is 1. The number of hydrogen-bond donors (Lipinski definition) is 2. The molecule has 0 radical (unpaired) electrons. The van der Waals surface area contributed by atoms with Gasteiger partial charge in [-0.25, -0.2) is 4.99 Å². The maximum atomic E-state index is 11.7. The first-order chi connectivity index (χ1) is 14.7. The Hall–Kier alpha value is -1.51. The maximum absolute atomic E-state index is 11.7. The van der Waals surface area contributed by atoms with Crippen LogP contribution in [0.4, 0.5) is 5.69 Å². The van der Waals surface area contributed by atoms with E-state index in [1.165, 1.54) is 43.4 Å². The number of nitrogens with zero attached hydrogens (tertiary/aromatic N) is 3. The summed E-state index contributed by atoms with van der Waals surface area (Å²) in [4.78, 5) is 20.8. The van der Waals surface area contributed by atoms with Crippen molar-refractivity contribution in [2.24, 2.45) is 4.99 Å². The molecule has 1 aliphatic heterocycles. The second-order valence-electron chi connectivity index (χ2n) is 8.53. The molecule has 1 saturated carbocycles. The highest BCUT2D eigenvalue weighted by atomic mass is 127. The van der Waals surface area contributed by atoms with E-state index in [0.29, 0.717) is 24.9 Å². The zero-order valence-electron chi connectivity index (χ0n) is 19.2. The molecule has 1 aromatic rings. The van der Waals surface area contributed by atoms with Crippen LogP contribution >= 0.6 is 24.0 Å². The summed E-state index contributed by atoms with van der Waals surface area (Å²) in [6.07, 6.45) is 9.39. The van der Waals surface area contributed by atoms with Gasteiger partial charge in [-0.3, -0.25) is 4.79 Å². The number of likely N-dealkylation sites (tertiary alicyclic amines) is 1. The lowest BCUT2D eigenvalue weighted by atomic mass is 9.94. The Kier molecular flexibility index (Phi) is 11.5. The molecule has 2 N–H and O–H groups in total. The van der Waals surface area contributed by atoms with Crippen molar-refractivity contribution in [1.29, 1.82) is 0 Å². The summed E-state index contributed by atoms with van der Waals surface area (Å²) in [5.74, 6) is 1.14. The molecule has 31 heavy (non-hydrogen) atoms. The molecule has 174 valence electrons. The minimum atomic E-state index is 0. The third-order valence-corrected chi connectivity index (χ3v) is 6.30. The van der Waals surface area contributed by atoms with Crippen molar-refractivity contribution in [2.45, 2.75) is 70.9 Å². The predicted octanol–water partition coefficient (Wildman–Crippen LogP) is 4.14. The van der Waals surface area contributed by atoms with Gasteiger partial charge in [-0.2, -0.15) is 0 Å². The van der Waals surface area contributed by atoms with E-state index in [1.807, 2.05) is 4.90 Å². The lowest BCUT2D eigenvalue weighted by Gasteiger charge is -2.33. The zero-order chi connectivity index (χ0) is 21.2. The van der Waals surface area contributed by atoms with Crippen LogP contribution in [0.25, 0.3) is 0 Å². The number of anilines is 1. The molecular formula is C24H40IN5O. The van der Waals surface area contributed by atoms with Crippen molar-refractivity contribution in [3.8, 4) is 0 Å². The van der Waals surface area contributed by atoms with Crippen LogP contribution in [0.2, 0.25) is 0 Å². The minimum absolute atomic E-state index is 0. The summed E-state index contributed by atoms with van der Waals surface area (Å²) in [5, 5.41) is 6.71. The van der Waals surface area contributed by atoms with Crippen molar-refractivity contribution < 1.29 is 4.79 Å². The van der Waals surface area contributed by atoms with Gasteiger partial charge < -0.3 is 20.4 Å².